The van der Waals surface area contributed by atoms with Crippen molar-refractivity contribution < 1.29 is 22.7 Å². The predicted molar refractivity (Wildman–Crippen MR) is 167 cm³/mol. The van der Waals surface area contributed by atoms with E-state index in [0.717, 1.165) is 34.5 Å². The van der Waals surface area contributed by atoms with Crippen molar-refractivity contribution in [3.05, 3.63) is 89.7 Å². The van der Waals surface area contributed by atoms with Gasteiger partial charge in [-0.05, 0) is 53.8 Å². The molecule has 3 aromatic carbocycles. The smallest absolute Gasteiger partial charge is 0.416 e. The van der Waals surface area contributed by atoms with Crippen LogP contribution in [0.15, 0.2) is 78.0 Å². The average Bonchev–Trinajstić information content (AvgIpc) is 3.62. The molecule has 0 aliphatic carbocycles. The van der Waals surface area contributed by atoms with Gasteiger partial charge in [-0.15, -0.1) is 5.10 Å². The Kier molecular flexibility index (Phi) is 8.97. The number of alkyl halides is 3. The van der Waals surface area contributed by atoms with Gasteiger partial charge in [0.05, 0.1) is 29.8 Å². The number of aromatic nitrogens is 3. The van der Waals surface area contributed by atoms with E-state index in [2.05, 4.69) is 28.9 Å². The molecule has 1 aliphatic rings. The van der Waals surface area contributed by atoms with Crippen molar-refractivity contribution in [3.63, 3.8) is 0 Å². The van der Waals surface area contributed by atoms with Crippen molar-refractivity contribution in [2.45, 2.75) is 38.8 Å². The maximum absolute atomic E-state index is 12.9. The summed E-state index contributed by atoms with van der Waals surface area (Å²) >= 11 is 6.97. The zero-order valence-electron chi connectivity index (χ0n) is 23.6. The first-order valence-electron chi connectivity index (χ1n) is 13.5. The lowest BCUT2D eigenvalue weighted by atomic mass is 10.00. The van der Waals surface area contributed by atoms with Crippen LogP contribution in [0.4, 0.5) is 18.9 Å². The Bertz CT molecular complexity index is 1670. The summed E-state index contributed by atoms with van der Waals surface area (Å²) in [5.41, 5.74) is 3.35. The fourth-order valence-corrected chi connectivity index (χ4v) is 5.70. The fraction of sp³-hybridized carbons (Fsp3) is 0.258. The van der Waals surface area contributed by atoms with Crippen molar-refractivity contribution in [1.29, 1.82) is 0 Å². The molecule has 1 saturated heterocycles. The molecule has 43 heavy (non-hydrogen) atoms. The van der Waals surface area contributed by atoms with Gasteiger partial charge in [-0.2, -0.15) is 13.2 Å². The predicted octanol–water partition coefficient (Wildman–Crippen LogP) is 7.48. The van der Waals surface area contributed by atoms with Crippen LogP contribution in [0.3, 0.4) is 0 Å². The van der Waals surface area contributed by atoms with E-state index in [-0.39, 0.29) is 11.8 Å². The highest BCUT2D eigenvalue weighted by molar-refractivity contribution is 8.15. The number of benzene rings is 3. The number of hydrogen-bond acceptors (Lipinski definition) is 6. The van der Waals surface area contributed by atoms with Gasteiger partial charge in [-0.25, -0.2) is 14.7 Å². The Morgan fingerprint density at radius 3 is 2.47 bits per heavy atom. The number of halogens is 3. The number of aryl methyl sites for hydroxylation is 1. The molecule has 0 bridgehead atoms. The van der Waals surface area contributed by atoms with E-state index in [0.29, 0.717) is 46.0 Å². The van der Waals surface area contributed by atoms with E-state index in [1.807, 2.05) is 42.5 Å². The number of amidine groups is 1. The number of amides is 1. The number of carbonyl (C=O) groups excluding carboxylic acids is 1. The van der Waals surface area contributed by atoms with Crippen molar-refractivity contribution >= 4 is 45.7 Å². The molecule has 1 aromatic heterocycles. The van der Waals surface area contributed by atoms with Crippen LogP contribution in [0.2, 0.25) is 0 Å². The average molecular weight is 624 g/mol. The number of anilines is 1. The van der Waals surface area contributed by atoms with E-state index < -0.39 is 11.7 Å². The van der Waals surface area contributed by atoms with Crippen molar-refractivity contribution in [3.8, 4) is 22.8 Å². The number of ether oxygens (including phenoxy) is 1. The first-order valence-corrected chi connectivity index (χ1v) is 14.9. The van der Waals surface area contributed by atoms with E-state index in [4.69, 9.17) is 17.0 Å². The quantitative estimate of drug-likeness (QED) is 0.190. The minimum Gasteiger partial charge on any atom is -0.497 e. The van der Waals surface area contributed by atoms with Crippen LogP contribution in [-0.4, -0.2) is 43.7 Å². The van der Waals surface area contributed by atoms with Crippen LogP contribution in [0.1, 0.15) is 42.9 Å². The van der Waals surface area contributed by atoms with Gasteiger partial charge in [0.25, 0.3) is 0 Å². The van der Waals surface area contributed by atoms with Crippen LogP contribution in [0.5, 0.6) is 5.75 Å². The summed E-state index contributed by atoms with van der Waals surface area (Å²) in [6.07, 6.45) is -1.75. The molecule has 222 valence electrons. The van der Waals surface area contributed by atoms with Crippen LogP contribution < -0.4 is 9.64 Å². The first-order chi connectivity index (χ1) is 20.5. The summed E-state index contributed by atoms with van der Waals surface area (Å²) < 4.78 is 45.4. The highest BCUT2D eigenvalue weighted by Crippen LogP contribution is 2.36. The number of nitrogens with zero attached hydrogens (tertiary/aromatic N) is 5. The molecule has 0 spiro atoms. The second-order valence-corrected chi connectivity index (χ2v) is 11.6. The maximum atomic E-state index is 12.9. The van der Waals surface area contributed by atoms with Crippen LogP contribution >= 0.6 is 24.0 Å². The third-order valence-electron chi connectivity index (χ3n) is 6.88. The molecule has 2 heterocycles. The van der Waals surface area contributed by atoms with Gasteiger partial charge >= 0.3 is 6.18 Å². The molecule has 4 aromatic rings. The summed E-state index contributed by atoms with van der Waals surface area (Å²) in [5, 5.41) is 4.98. The zero-order valence-corrected chi connectivity index (χ0v) is 25.3. The molecule has 1 fully saturated rings. The third-order valence-corrected chi connectivity index (χ3v) is 8.10. The molecule has 1 amide bonds. The molecule has 0 saturated carbocycles. The Morgan fingerprint density at radius 2 is 1.81 bits per heavy atom. The van der Waals surface area contributed by atoms with Crippen LogP contribution in [-0.2, 0) is 17.4 Å². The summed E-state index contributed by atoms with van der Waals surface area (Å²) in [6.45, 7) is 4.15. The summed E-state index contributed by atoms with van der Waals surface area (Å²) in [4.78, 5) is 24.0. The highest BCUT2D eigenvalue weighted by Gasteiger charge is 2.32. The largest absolute Gasteiger partial charge is 0.497 e. The Labute approximate surface area is 256 Å². The lowest BCUT2D eigenvalue weighted by molar-refractivity contribution is -0.137. The minimum absolute atomic E-state index is 0.0494. The Balaban J connectivity index is 1.24. The zero-order chi connectivity index (χ0) is 30.7. The van der Waals surface area contributed by atoms with Gasteiger partial charge < -0.3 is 4.74 Å². The lowest BCUT2D eigenvalue weighted by Gasteiger charge is -2.22. The van der Waals surface area contributed by atoms with Gasteiger partial charge in [-0.1, -0.05) is 68.2 Å². The number of hydrogen-bond donors (Lipinski definition) is 0. The molecular formula is C31H28F3N5O2S2. The lowest BCUT2D eigenvalue weighted by Crippen LogP contribution is -2.31. The Hall–Kier alpha value is -4.03. The number of aliphatic imine (C=N–C) groups is 1. The van der Waals surface area contributed by atoms with Gasteiger partial charge in [0, 0.05) is 18.1 Å². The van der Waals surface area contributed by atoms with Crippen molar-refractivity contribution in [2.24, 2.45) is 4.99 Å². The number of rotatable bonds is 8. The standard InChI is InChI=1S/C31H28F3N5O2S2/c1-19(2)25-14-13-24(41-3)16-26(25)39-28(40)17-43-30(39)36-27(42)15-6-20-4-7-21(8-5-20)29-35-18-38(37-29)23-11-9-22(10-12-23)31(32,33)34/h4-5,7-14,16,18-19H,6,15,17H2,1-3H3. The van der Waals surface area contributed by atoms with Crippen molar-refractivity contribution in [2.75, 3.05) is 17.8 Å². The highest BCUT2D eigenvalue weighted by atomic mass is 32.2. The number of thioether (sulfide) groups is 1. The van der Waals surface area contributed by atoms with Gasteiger partial charge in [0.15, 0.2) is 11.0 Å². The molecule has 0 N–H and O–H groups in total. The van der Waals surface area contributed by atoms with Gasteiger partial charge in [-0.3, -0.25) is 9.69 Å². The van der Waals surface area contributed by atoms with Crippen molar-refractivity contribution in [1.82, 2.24) is 14.8 Å². The van der Waals surface area contributed by atoms with E-state index >= 15 is 0 Å². The second-order valence-electron chi connectivity index (χ2n) is 10.1. The fourth-order valence-electron chi connectivity index (χ4n) is 4.57. The number of carbonyl (C=O) groups is 1. The van der Waals surface area contributed by atoms with Crippen LogP contribution in [0.25, 0.3) is 17.1 Å². The number of methoxy groups -OCH3 is 1. The third kappa shape index (κ3) is 6.97. The minimum atomic E-state index is -4.40. The van der Waals surface area contributed by atoms with Crippen LogP contribution in [0, 0.1) is 0 Å². The first kappa shape index (κ1) is 30.4. The van der Waals surface area contributed by atoms with E-state index in [1.165, 1.54) is 34.9 Å². The normalized spacial score (nSPS) is 14.6. The Morgan fingerprint density at radius 1 is 1.09 bits per heavy atom. The molecule has 5 rings (SSSR count). The monoisotopic (exact) mass is 623 g/mol. The SMILES string of the molecule is COc1ccc(C(C)C)c(N2C(=O)CSC2=NC(=S)CCc2ccc(-c3ncn(-c4ccc(C(F)(F)F)cc4)n3)cc2)c1. The summed E-state index contributed by atoms with van der Waals surface area (Å²) in [6, 6.07) is 18.2. The molecule has 0 radical (unpaired) electrons. The van der Waals surface area contributed by atoms with Gasteiger partial charge in [0.1, 0.15) is 17.1 Å². The number of thiocarbonyl (C=S) groups is 1. The molecule has 1 aliphatic heterocycles. The topological polar surface area (TPSA) is 72.6 Å². The maximum Gasteiger partial charge on any atom is 0.416 e. The van der Waals surface area contributed by atoms with E-state index in [1.54, 1.807) is 12.0 Å². The summed E-state index contributed by atoms with van der Waals surface area (Å²) in [7, 11) is 1.60. The summed E-state index contributed by atoms with van der Waals surface area (Å²) in [5.74, 6) is 1.56. The molecule has 0 atom stereocenters. The molecule has 7 nitrogen and oxygen atoms in total. The molecule has 0 unspecified atom stereocenters. The second kappa shape index (κ2) is 12.7. The van der Waals surface area contributed by atoms with E-state index in [9.17, 15) is 18.0 Å². The van der Waals surface area contributed by atoms with Gasteiger partial charge in [0.2, 0.25) is 5.91 Å². The molecule has 12 heteroatoms. The molecular weight excluding hydrogens is 596 g/mol.